The number of aromatic nitrogens is 5. The van der Waals surface area contributed by atoms with E-state index in [0.29, 0.717) is 36.9 Å². The van der Waals surface area contributed by atoms with Crippen molar-refractivity contribution in [1.82, 2.24) is 24.3 Å². The third-order valence-corrected chi connectivity index (χ3v) is 7.37. The van der Waals surface area contributed by atoms with E-state index in [-0.39, 0.29) is 0 Å². The Kier molecular flexibility index (Phi) is 7.76. The number of benzene rings is 3. The van der Waals surface area contributed by atoms with E-state index in [1.165, 1.54) is 7.11 Å². The molecule has 1 aliphatic rings. The zero-order valence-corrected chi connectivity index (χ0v) is 23.9. The van der Waals surface area contributed by atoms with Gasteiger partial charge in [-0.1, -0.05) is 43.3 Å². The van der Waals surface area contributed by atoms with E-state index >= 15 is 0 Å². The lowest BCUT2D eigenvalue weighted by Gasteiger charge is -2.19. The first-order chi connectivity index (χ1) is 20.6. The second kappa shape index (κ2) is 11.9. The van der Waals surface area contributed by atoms with Crippen LogP contribution >= 0.6 is 0 Å². The fourth-order valence-electron chi connectivity index (χ4n) is 5.16. The van der Waals surface area contributed by atoms with Gasteiger partial charge in [0.15, 0.2) is 11.9 Å². The Balaban J connectivity index is 1.28. The van der Waals surface area contributed by atoms with E-state index in [9.17, 15) is 4.79 Å². The van der Waals surface area contributed by atoms with Gasteiger partial charge in [-0.05, 0) is 37.0 Å². The van der Waals surface area contributed by atoms with Gasteiger partial charge >= 0.3 is 5.97 Å². The first kappa shape index (κ1) is 27.3. The second-order valence-electron chi connectivity index (χ2n) is 10.2. The molecular weight excluding hydrogens is 534 g/mol. The lowest BCUT2D eigenvalue weighted by Crippen LogP contribution is -2.27. The number of rotatable bonds is 9. The number of esters is 1. The maximum Gasteiger partial charge on any atom is 0.347 e. The van der Waals surface area contributed by atoms with Gasteiger partial charge in [0.25, 0.3) is 0 Å². The summed E-state index contributed by atoms with van der Waals surface area (Å²) in [6.07, 6.45) is 3.44. The van der Waals surface area contributed by atoms with E-state index in [0.717, 1.165) is 58.7 Å². The monoisotopic (exact) mass is 567 g/mol. The largest absolute Gasteiger partial charge is 0.497 e. The van der Waals surface area contributed by atoms with Crippen LogP contribution in [-0.4, -0.2) is 57.2 Å². The van der Waals surface area contributed by atoms with Gasteiger partial charge in [-0.2, -0.15) is 5.10 Å². The van der Waals surface area contributed by atoms with E-state index in [4.69, 9.17) is 23.9 Å². The van der Waals surface area contributed by atoms with Crippen molar-refractivity contribution in [2.24, 2.45) is 0 Å². The molecule has 0 N–H and O–H groups in total. The molecule has 1 aliphatic heterocycles. The zero-order chi connectivity index (χ0) is 29.1. The molecule has 0 spiro atoms. The summed E-state index contributed by atoms with van der Waals surface area (Å²) in [5.74, 6) is 3.14. The van der Waals surface area contributed by atoms with E-state index in [1.807, 2.05) is 72.3 Å². The summed E-state index contributed by atoms with van der Waals surface area (Å²) in [6.45, 7) is 3.93. The van der Waals surface area contributed by atoms with Gasteiger partial charge in [-0.25, -0.2) is 19.4 Å². The maximum atomic E-state index is 12.1. The summed E-state index contributed by atoms with van der Waals surface area (Å²) >= 11 is 0. The van der Waals surface area contributed by atoms with Crippen LogP contribution in [0.1, 0.15) is 31.7 Å². The van der Waals surface area contributed by atoms with Gasteiger partial charge in [0.05, 0.1) is 32.9 Å². The summed E-state index contributed by atoms with van der Waals surface area (Å²) in [6, 6.07) is 19.8. The van der Waals surface area contributed by atoms with Crippen molar-refractivity contribution in [2.45, 2.75) is 45.4 Å². The predicted molar refractivity (Wildman–Crippen MR) is 158 cm³/mol. The fraction of sp³-hybridized carbons (Fsp3) is 0.312. The van der Waals surface area contributed by atoms with E-state index in [2.05, 4.69) is 14.6 Å². The van der Waals surface area contributed by atoms with E-state index in [1.54, 1.807) is 13.4 Å². The molecule has 10 nitrogen and oxygen atoms in total. The van der Waals surface area contributed by atoms with Crippen LogP contribution in [0.3, 0.4) is 0 Å². The molecule has 0 amide bonds. The molecule has 10 heteroatoms. The highest BCUT2D eigenvalue weighted by molar-refractivity contribution is 5.88. The molecule has 1 unspecified atom stereocenters. The molecule has 0 saturated carbocycles. The molecule has 1 atom stereocenters. The maximum absolute atomic E-state index is 12.1. The first-order valence-electron chi connectivity index (χ1n) is 14.1. The van der Waals surface area contributed by atoms with Crippen LogP contribution in [0.25, 0.3) is 33.8 Å². The quantitative estimate of drug-likeness (QED) is 0.215. The molecule has 0 saturated heterocycles. The van der Waals surface area contributed by atoms with Crippen LogP contribution in [0.2, 0.25) is 0 Å². The SMILES string of the molecule is CCC(Oc1cc2c3c(c1)nc(-c1ccc(-c4ncn(Cc5ccc(OC)cc5)n4)cc1)n3CCCCO2)C(=O)OC. The van der Waals surface area contributed by atoms with Gasteiger partial charge in [0, 0.05) is 29.8 Å². The van der Waals surface area contributed by atoms with Gasteiger partial charge in [0.1, 0.15) is 34.9 Å². The average Bonchev–Trinajstić information content (AvgIpc) is 3.63. The molecule has 6 rings (SSSR count). The van der Waals surface area contributed by atoms with Crippen LogP contribution in [0, 0.1) is 0 Å². The van der Waals surface area contributed by atoms with Crippen molar-refractivity contribution in [3.05, 3.63) is 72.6 Å². The van der Waals surface area contributed by atoms with Crippen molar-refractivity contribution in [1.29, 1.82) is 0 Å². The molecule has 3 aromatic carbocycles. The van der Waals surface area contributed by atoms with Crippen LogP contribution < -0.4 is 14.2 Å². The molecule has 5 aromatic rings. The number of ether oxygens (including phenoxy) is 4. The predicted octanol–water partition coefficient (Wildman–Crippen LogP) is 5.52. The molecular formula is C32H33N5O5. The van der Waals surface area contributed by atoms with Crippen LogP contribution in [0.4, 0.5) is 0 Å². The Bertz CT molecular complexity index is 1690. The Morgan fingerprint density at radius 1 is 1.00 bits per heavy atom. The molecule has 42 heavy (non-hydrogen) atoms. The van der Waals surface area contributed by atoms with Crippen LogP contribution in [0.5, 0.6) is 17.2 Å². The highest BCUT2D eigenvalue weighted by Crippen LogP contribution is 2.37. The van der Waals surface area contributed by atoms with E-state index < -0.39 is 12.1 Å². The third-order valence-electron chi connectivity index (χ3n) is 7.37. The Hall–Kier alpha value is -4.86. The standard InChI is InChI=1S/C32H33N5O5/c1-4-27(32(38)40-3)42-25-17-26-29-28(18-25)41-16-6-5-15-37(29)31(34-26)23-11-9-22(10-12-23)30-33-20-36(35-30)19-21-7-13-24(39-2)14-8-21/h7-14,17-18,20,27H,4-6,15-16,19H2,1-3H3. The molecule has 2 aromatic heterocycles. The topological polar surface area (TPSA) is 103 Å². The van der Waals surface area contributed by atoms with Crippen molar-refractivity contribution in [3.63, 3.8) is 0 Å². The molecule has 0 fully saturated rings. The molecule has 0 aliphatic carbocycles. The molecule has 3 heterocycles. The van der Waals surface area contributed by atoms with Gasteiger partial charge in [0.2, 0.25) is 0 Å². The lowest BCUT2D eigenvalue weighted by molar-refractivity contribution is -0.148. The van der Waals surface area contributed by atoms with Crippen molar-refractivity contribution in [3.8, 4) is 40.0 Å². The number of carbonyl (C=O) groups is 1. The third kappa shape index (κ3) is 5.52. The highest BCUT2D eigenvalue weighted by atomic mass is 16.6. The van der Waals surface area contributed by atoms with Crippen molar-refractivity contribution < 1.29 is 23.7 Å². The Morgan fingerprint density at radius 2 is 1.79 bits per heavy atom. The van der Waals surface area contributed by atoms with Crippen molar-refractivity contribution >= 4 is 17.0 Å². The summed E-state index contributed by atoms with van der Waals surface area (Å²) in [4.78, 5) is 21.7. The minimum atomic E-state index is -0.699. The summed E-state index contributed by atoms with van der Waals surface area (Å²) in [5, 5.41) is 4.68. The van der Waals surface area contributed by atoms with Crippen molar-refractivity contribution in [2.75, 3.05) is 20.8 Å². The minimum Gasteiger partial charge on any atom is -0.497 e. The number of carbonyl (C=O) groups excluding carboxylic acids is 1. The normalized spacial score (nSPS) is 13.6. The highest BCUT2D eigenvalue weighted by Gasteiger charge is 2.23. The second-order valence-corrected chi connectivity index (χ2v) is 10.2. The Morgan fingerprint density at radius 3 is 2.52 bits per heavy atom. The minimum absolute atomic E-state index is 0.410. The molecule has 216 valence electrons. The summed E-state index contributed by atoms with van der Waals surface area (Å²) in [7, 11) is 3.02. The lowest BCUT2D eigenvalue weighted by atomic mass is 10.1. The number of imidazole rings is 1. The number of methoxy groups -OCH3 is 2. The number of nitrogens with zero attached hydrogens (tertiary/aromatic N) is 5. The summed E-state index contributed by atoms with van der Waals surface area (Å²) < 4.78 is 26.3. The van der Waals surface area contributed by atoms with Gasteiger partial charge in [-0.3, -0.25) is 0 Å². The van der Waals surface area contributed by atoms with Crippen LogP contribution in [-0.2, 0) is 22.6 Å². The number of aryl methyl sites for hydroxylation is 1. The molecule has 0 bridgehead atoms. The average molecular weight is 568 g/mol. The zero-order valence-electron chi connectivity index (χ0n) is 23.9. The van der Waals surface area contributed by atoms with Gasteiger partial charge in [-0.15, -0.1) is 0 Å². The summed E-state index contributed by atoms with van der Waals surface area (Å²) in [5.41, 5.74) is 4.68. The van der Waals surface area contributed by atoms with Gasteiger partial charge < -0.3 is 23.5 Å². The molecule has 0 radical (unpaired) electrons. The first-order valence-corrected chi connectivity index (χ1v) is 14.1. The van der Waals surface area contributed by atoms with Crippen LogP contribution in [0.15, 0.2) is 67.0 Å². The number of hydrogen-bond acceptors (Lipinski definition) is 8. The smallest absolute Gasteiger partial charge is 0.347 e. The fourth-order valence-corrected chi connectivity index (χ4v) is 5.16. The number of hydrogen-bond donors (Lipinski definition) is 0. The Labute approximate surface area is 243 Å².